The van der Waals surface area contributed by atoms with Crippen LogP contribution in [0.3, 0.4) is 0 Å². The highest BCUT2D eigenvalue weighted by atomic mass is 79.9. The quantitative estimate of drug-likeness (QED) is 0.654. The number of hydrogen-bond acceptors (Lipinski definition) is 3. The highest BCUT2D eigenvalue weighted by molar-refractivity contribution is 9.10. The van der Waals surface area contributed by atoms with Gasteiger partial charge in [-0.15, -0.1) is 0 Å². The third kappa shape index (κ3) is 4.96. The maximum atomic E-state index is 12.8. The summed E-state index contributed by atoms with van der Waals surface area (Å²) in [5.41, 5.74) is 2.91. The lowest BCUT2D eigenvalue weighted by atomic mass is 10.0. The lowest BCUT2D eigenvalue weighted by molar-refractivity contribution is -0.158. The van der Waals surface area contributed by atoms with Crippen LogP contribution in [-0.2, 0) is 16.1 Å². The van der Waals surface area contributed by atoms with Crippen LogP contribution in [0.5, 0.6) is 0 Å². The Labute approximate surface area is 196 Å². The van der Waals surface area contributed by atoms with E-state index >= 15 is 0 Å². The average molecular weight is 499 g/mol. The van der Waals surface area contributed by atoms with Gasteiger partial charge in [0.2, 0.25) is 0 Å². The van der Waals surface area contributed by atoms with Gasteiger partial charge in [-0.3, -0.25) is 9.59 Å². The van der Waals surface area contributed by atoms with Gasteiger partial charge in [-0.25, -0.2) is 4.79 Å². The van der Waals surface area contributed by atoms with E-state index in [2.05, 4.69) is 21.2 Å². The first-order chi connectivity index (χ1) is 15.4. The number of benzene rings is 2. The van der Waals surface area contributed by atoms with E-state index in [1.807, 2.05) is 55.5 Å². The fourth-order valence-electron chi connectivity index (χ4n) is 4.24. The smallest absolute Gasteiger partial charge is 0.321 e. The molecule has 2 aromatic carbocycles. The van der Waals surface area contributed by atoms with Crippen molar-refractivity contribution in [3.8, 4) is 0 Å². The van der Waals surface area contributed by atoms with E-state index in [1.165, 1.54) is 0 Å². The zero-order valence-corrected chi connectivity index (χ0v) is 19.7. The third-order valence-corrected chi connectivity index (χ3v) is 6.84. The second-order valence-electron chi connectivity index (χ2n) is 8.34. The Kier molecular flexibility index (Phi) is 6.79. The first-order valence-electron chi connectivity index (χ1n) is 10.9. The van der Waals surface area contributed by atoms with Crippen molar-refractivity contribution in [1.82, 2.24) is 14.7 Å². The molecule has 2 aliphatic heterocycles. The molecule has 0 aromatic heterocycles. The van der Waals surface area contributed by atoms with Gasteiger partial charge >= 0.3 is 17.8 Å². The number of amides is 4. The molecule has 0 saturated carbocycles. The minimum Gasteiger partial charge on any atom is -0.330 e. The standard InChI is InChI=1S/C24H27BrN4O3/c1-17-6-8-18(9-7-17)16-28-14-15-29(23(31)22(28)30)19-10-12-27(13-11-19)24(32)26-21-5-3-2-4-20(21)25/h2-9,19H,10-16H2,1H3,(H,26,32). The molecule has 0 spiro atoms. The third-order valence-electron chi connectivity index (χ3n) is 6.14. The predicted molar refractivity (Wildman–Crippen MR) is 126 cm³/mol. The molecule has 2 heterocycles. The number of nitrogens with one attached hydrogen (secondary N) is 1. The molecular weight excluding hydrogens is 472 g/mol. The molecule has 2 saturated heterocycles. The fourth-order valence-corrected chi connectivity index (χ4v) is 4.62. The number of rotatable bonds is 4. The molecule has 2 aliphatic rings. The summed E-state index contributed by atoms with van der Waals surface area (Å²) in [6.45, 7) is 4.63. The molecule has 4 amide bonds. The van der Waals surface area contributed by atoms with Crippen molar-refractivity contribution in [2.45, 2.75) is 32.4 Å². The van der Waals surface area contributed by atoms with E-state index in [0.29, 0.717) is 45.6 Å². The second-order valence-corrected chi connectivity index (χ2v) is 9.19. The summed E-state index contributed by atoms with van der Waals surface area (Å²) >= 11 is 3.44. The molecule has 0 bridgehead atoms. The van der Waals surface area contributed by atoms with Crippen LogP contribution in [0.1, 0.15) is 24.0 Å². The largest absolute Gasteiger partial charge is 0.330 e. The van der Waals surface area contributed by atoms with Gasteiger partial charge in [-0.05, 0) is 53.4 Å². The molecule has 1 N–H and O–H groups in total. The van der Waals surface area contributed by atoms with Gasteiger partial charge in [0.25, 0.3) is 0 Å². The minimum absolute atomic E-state index is 0.0134. The molecular formula is C24H27BrN4O3. The summed E-state index contributed by atoms with van der Waals surface area (Å²) in [5, 5.41) is 2.92. The Balaban J connectivity index is 1.30. The van der Waals surface area contributed by atoms with Crippen molar-refractivity contribution in [1.29, 1.82) is 0 Å². The number of aryl methyl sites for hydroxylation is 1. The lowest BCUT2D eigenvalue weighted by Gasteiger charge is -2.42. The Morgan fingerprint density at radius 3 is 2.34 bits per heavy atom. The summed E-state index contributed by atoms with van der Waals surface area (Å²) in [7, 11) is 0. The molecule has 4 rings (SSSR count). The molecule has 8 heteroatoms. The topological polar surface area (TPSA) is 73.0 Å². The van der Waals surface area contributed by atoms with Crippen molar-refractivity contribution in [3.63, 3.8) is 0 Å². The van der Waals surface area contributed by atoms with Crippen molar-refractivity contribution >= 4 is 39.5 Å². The molecule has 2 fully saturated rings. The zero-order chi connectivity index (χ0) is 22.7. The summed E-state index contributed by atoms with van der Waals surface area (Å²) in [6.07, 6.45) is 1.33. The molecule has 32 heavy (non-hydrogen) atoms. The Morgan fingerprint density at radius 1 is 0.969 bits per heavy atom. The number of carbonyl (C=O) groups is 3. The lowest BCUT2D eigenvalue weighted by Crippen LogP contribution is -2.59. The summed E-state index contributed by atoms with van der Waals surface area (Å²) in [4.78, 5) is 43.2. The molecule has 7 nitrogen and oxygen atoms in total. The predicted octanol–water partition coefficient (Wildman–Crippen LogP) is 3.62. The minimum atomic E-state index is -0.439. The van der Waals surface area contributed by atoms with E-state index in [4.69, 9.17) is 0 Å². The van der Waals surface area contributed by atoms with Crippen LogP contribution < -0.4 is 5.32 Å². The first-order valence-corrected chi connectivity index (χ1v) is 11.7. The van der Waals surface area contributed by atoms with Crippen LogP contribution in [0.4, 0.5) is 10.5 Å². The van der Waals surface area contributed by atoms with E-state index in [9.17, 15) is 14.4 Å². The Hall–Kier alpha value is -2.87. The van der Waals surface area contributed by atoms with Crippen LogP contribution in [0.2, 0.25) is 0 Å². The number of piperidine rings is 1. The van der Waals surface area contributed by atoms with E-state index < -0.39 is 11.8 Å². The number of hydrogen-bond donors (Lipinski definition) is 1. The van der Waals surface area contributed by atoms with Crippen LogP contribution in [0, 0.1) is 6.92 Å². The van der Waals surface area contributed by atoms with Gasteiger partial charge in [0.05, 0.1) is 5.69 Å². The zero-order valence-electron chi connectivity index (χ0n) is 18.1. The highest BCUT2D eigenvalue weighted by Gasteiger charge is 2.38. The summed E-state index contributed by atoms with van der Waals surface area (Å²) in [5.74, 6) is -0.870. The second kappa shape index (κ2) is 9.73. The molecule has 0 unspecified atom stereocenters. The number of piperazine rings is 1. The van der Waals surface area contributed by atoms with Gasteiger partial charge in [0.15, 0.2) is 0 Å². The Morgan fingerprint density at radius 2 is 1.66 bits per heavy atom. The van der Waals surface area contributed by atoms with Gasteiger partial charge in [-0.2, -0.15) is 0 Å². The molecule has 0 atom stereocenters. The number of carbonyl (C=O) groups excluding carboxylic acids is 3. The van der Waals surface area contributed by atoms with Crippen molar-refractivity contribution in [2.75, 3.05) is 31.5 Å². The van der Waals surface area contributed by atoms with Gasteiger partial charge in [0, 0.05) is 43.2 Å². The monoisotopic (exact) mass is 498 g/mol. The van der Waals surface area contributed by atoms with Crippen molar-refractivity contribution in [2.24, 2.45) is 0 Å². The number of likely N-dealkylation sites (tertiary alicyclic amines) is 1. The van der Waals surface area contributed by atoms with E-state index in [-0.39, 0.29) is 12.1 Å². The normalized spacial score (nSPS) is 17.6. The number of nitrogens with zero attached hydrogens (tertiary/aromatic N) is 3. The highest BCUT2D eigenvalue weighted by Crippen LogP contribution is 2.24. The SMILES string of the molecule is Cc1ccc(CN2CCN(C3CCN(C(=O)Nc4ccccc4Br)CC3)C(=O)C2=O)cc1. The molecule has 0 aliphatic carbocycles. The molecule has 168 valence electrons. The Bertz CT molecular complexity index is 1000. The number of urea groups is 1. The average Bonchev–Trinajstić information content (AvgIpc) is 2.80. The van der Waals surface area contributed by atoms with Crippen LogP contribution in [0.25, 0.3) is 0 Å². The van der Waals surface area contributed by atoms with Crippen molar-refractivity contribution < 1.29 is 14.4 Å². The summed E-state index contributed by atoms with van der Waals surface area (Å²) < 4.78 is 0.829. The first kappa shape index (κ1) is 22.3. The van der Waals surface area contributed by atoms with Gasteiger partial charge in [-0.1, -0.05) is 42.0 Å². The maximum Gasteiger partial charge on any atom is 0.321 e. The van der Waals surface area contributed by atoms with Gasteiger partial charge in [0.1, 0.15) is 0 Å². The van der Waals surface area contributed by atoms with E-state index in [0.717, 1.165) is 21.3 Å². The number of anilines is 1. The van der Waals surface area contributed by atoms with Crippen LogP contribution in [0.15, 0.2) is 53.0 Å². The van der Waals surface area contributed by atoms with Crippen molar-refractivity contribution in [3.05, 3.63) is 64.1 Å². The number of halogens is 1. The molecule has 2 aromatic rings. The van der Waals surface area contributed by atoms with Crippen LogP contribution >= 0.6 is 15.9 Å². The number of para-hydroxylation sites is 1. The molecule has 0 radical (unpaired) electrons. The van der Waals surface area contributed by atoms with Gasteiger partial charge < -0.3 is 20.0 Å². The maximum absolute atomic E-state index is 12.8. The fraction of sp³-hybridized carbons (Fsp3) is 0.375. The summed E-state index contributed by atoms with van der Waals surface area (Å²) in [6, 6.07) is 15.3. The van der Waals surface area contributed by atoms with E-state index in [1.54, 1.807) is 14.7 Å². The van der Waals surface area contributed by atoms with Crippen LogP contribution in [-0.4, -0.2) is 64.8 Å².